The van der Waals surface area contributed by atoms with E-state index in [-0.39, 0.29) is 31.3 Å². The molecular formula is C26H34FN5O2. The fourth-order valence-electron chi connectivity index (χ4n) is 4.99. The molecule has 1 aliphatic carbocycles. The topological polar surface area (TPSA) is 88.5 Å². The molecule has 0 bridgehead atoms. The number of nitrogens with zero attached hydrogens (tertiary/aromatic N) is 3. The Kier molecular flexibility index (Phi) is 7.40. The van der Waals surface area contributed by atoms with Gasteiger partial charge in [-0.05, 0) is 62.8 Å². The average molecular weight is 468 g/mol. The molecule has 0 spiro atoms. The summed E-state index contributed by atoms with van der Waals surface area (Å²) in [6.45, 7) is 4.15. The molecule has 34 heavy (non-hydrogen) atoms. The summed E-state index contributed by atoms with van der Waals surface area (Å²) < 4.78 is 13.6. The molecule has 1 aromatic carbocycles. The Bertz CT molecular complexity index is 966. The molecule has 2 saturated heterocycles. The summed E-state index contributed by atoms with van der Waals surface area (Å²) in [5.41, 5.74) is 2.39. The molecule has 2 amide bonds. The van der Waals surface area contributed by atoms with E-state index in [1.165, 1.54) is 29.8 Å². The minimum Gasteiger partial charge on any atom is -0.380 e. The molecule has 2 heterocycles. The number of nitrogens with one attached hydrogen (secondary N) is 2. The van der Waals surface area contributed by atoms with Gasteiger partial charge in [-0.15, -0.1) is 0 Å². The standard InChI is InChI=1S/C26H34FN5O2/c1-26(25(34)30-21-5-7-22(8-6-21)31-13-3-2-4-14-31)11-9-20(10-12-26)29-17-24(33)32-18-19(27)15-23(32)16-28/h5-9,19,23,29H,2-4,10-15,17-18H2,1H3,(H,30,34)/t19-,23-,26?/m0/s1. The molecule has 1 aromatic rings. The van der Waals surface area contributed by atoms with Gasteiger partial charge in [0.2, 0.25) is 11.8 Å². The van der Waals surface area contributed by atoms with Crippen molar-refractivity contribution in [2.24, 2.45) is 5.41 Å². The number of nitriles is 1. The van der Waals surface area contributed by atoms with Crippen LogP contribution in [0.1, 0.15) is 51.9 Å². The highest BCUT2D eigenvalue weighted by Gasteiger charge is 2.36. The van der Waals surface area contributed by atoms with E-state index >= 15 is 0 Å². The summed E-state index contributed by atoms with van der Waals surface area (Å²) in [6, 6.07) is 9.40. The number of anilines is 2. The number of allylic oxidation sites excluding steroid dienone is 2. The Hall–Kier alpha value is -3.08. The molecule has 1 unspecified atom stereocenters. The Morgan fingerprint density at radius 2 is 1.94 bits per heavy atom. The van der Waals surface area contributed by atoms with E-state index < -0.39 is 17.6 Å². The quantitative estimate of drug-likeness (QED) is 0.665. The van der Waals surface area contributed by atoms with Gasteiger partial charge >= 0.3 is 0 Å². The third-order valence-electron chi connectivity index (χ3n) is 7.33. The molecule has 182 valence electrons. The van der Waals surface area contributed by atoms with E-state index in [4.69, 9.17) is 5.26 Å². The van der Waals surface area contributed by atoms with Crippen molar-refractivity contribution in [1.82, 2.24) is 10.2 Å². The van der Waals surface area contributed by atoms with Crippen molar-refractivity contribution >= 4 is 23.2 Å². The van der Waals surface area contributed by atoms with Gasteiger partial charge < -0.3 is 20.4 Å². The van der Waals surface area contributed by atoms with E-state index in [1.54, 1.807) is 0 Å². The summed E-state index contributed by atoms with van der Waals surface area (Å²) in [6.07, 6.45) is 6.55. The number of rotatable bonds is 6. The first-order valence-corrected chi connectivity index (χ1v) is 12.3. The smallest absolute Gasteiger partial charge is 0.243 e. The largest absolute Gasteiger partial charge is 0.380 e. The second-order valence-corrected chi connectivity index (χ2v) is 9.92. The molecule has 2 fully saturated rings. The molecule has 0 radical (unpaired) electrons. The lowest BCUT2D eigenvalue weighted by atomic mass is 9.77. The van der Waals surface area contributed by atoms with Crippen LogP contribution in [0.25, 0.3) is 0 Å². The number of carbonyl (C=O) groups is 2. The second-order valence-electron chi connectivity index (χ2n) is 9.92. The number of carbonyl (C=O) groups excluding carboxylic acids is 2. The number of likely N-dealkylation sites (tertiary alicyclic amines) is 1. The fraction of sp³-hybridized carbons (Fsp3) is 0.577. The van der Waals surface area contributed by atoms with Crippen molar-refractivity contribution < 1.29 is 14.0 Å². The average Bonchev–Trinajstić information content (AvgIpc) is 3.25. The predicted octanol–water partition coefficient (Wildman–Crippen LogP) is 3.74. The van der Waals surface area contributed by atoms with Gasteiger partial charge in [0.25, 0.3) is 0 Å². The lowest BCUT2D eigenvalue weighted by Gasteiger charge is -2.32. The van der Waals surface area contributed by atoms with Crippen molar-refractivity contribution in [3.63, 3.8) is 0 Å². The normalized spacial score (nSPS) is 27.0. The minimum atomic E-state index is -1.14. The van der Waals surface area contributed by atoms with Crippen LogP contribution in [0.3, 0.4) is 0 Å². The Morgan fingerprint density at radius 3 is 2.59 bits per heavy atom. The Morgan fingerprint density at radius 1 is 1.21 bits per heavy atom. The van der Waals surface area contributed by atoms with Crippen LogP contribution in [-0.2, 0) is 9.59 Å². The highest BCUT2D eigenvalue weighted by molar-refractivity contribution is 5.95. The van der Waals surface area contributed by atoms with Crippen LogP contribution in [0.4, 0.5) is 15.8 Å². The van der Waals surface area contributed by atoms with Crippen LogP contribution in [0.2, 0.25) is 0 Å². The number of hydrogen-bond donors (Lipinski definition) is 2. The maximum atomic E-state index is 13.6. The number of alkyl halides is 1. The van der Waals surface area contributed by atoms with Crippen molar-refractivity contribution in [2.45, 2.75) is 64.1 Å². The van der Waals surface area contributed by atoms with E-state index in [0.717, 1.165) is 24.5 Å². The van der Waals surface area contributed by atoms with Gasteiger partial charge in [-0.3, -0.25) is 9.59 Å². The van der Waals surface area contributed by atoms with Crippen LogP contribution < -0.4 is 15.5 Å². The maximum absolute atomic E-state index is 13.6. The molecule has 3 atom stereocenters. The van der Waals surface area contributed by atoms with Gasteiger partial charge in [-0.2, -0.15) is 5.26 Å². The lowest BCUT2D eigenvalue weighted by Crippen LogP contribution is -2.41. The van der Waals surface area contributed by atoms with Crippen LogP contribution in [-0.4, -0.2) is 55.1 Å². The molecule has 2 aliphatic heterocycles. The zero-order valence-corrected chi connectivity index (χ0v) is 19.9. The van der Waals surface area contributed by atoms with E-state index in [9.17, 15) is 14.0 Å². The molecule has 4 rings (SSSR count). The van der Waals surface area contributed by atoms with E-state index in [0.29, 0.717) is 19.3 Å². The highest BCUT2D eigenvalue weighted by Crippen LogP contribution is 2.36. The first-order chi connectivity index (χ1) is 16.4. The molecule has 3 aliphatic rings. The monoisotopic (exact) mass is 467 g/mol. The zero-order chi connectivity index (χ0) is 24.1. The van der Waals surface area contributed by atoms with Crippen molar-refractivity contribution in [2.75, 3.05) is 36.4 Å². The Labute approximate surface area is 201 Å². The lowest BCUT2D eigenvalue weighted by molar-refractivity contribution is -0.130. The Balaban J connectivity index is 1.27. The van der Waals surface area contributed by atoms with E-state index in [1.807, 2.05) is 31.2 Å². The summed E-state index contributed by atoms with van der Waals surface area (Å²) >= 11 is 0. The maximum Gasteiger partial charge on any atom is 0.243 e. The van der Waals surface area contributed by atoms with Gasteiger partial charge in [0.15, 0.2) is 0 Å². The van der Waals surface area contributed by atoms with Crippen molar-refractivity contribution in [1.29, 1.82) is 5.26 Å². The van der Waals surface area contributed by atoms with Crippen LogP contribution in [0.5, 0.6) is 0 Å². The van der Waals surface area contributed by atoms with Crippen LogP contribution >= 0.6 is 0 Å². The first kappa shape index (κ1) is 24.1. The minimum absolute atomic E-state index is 0.00693. The SMILES string of the molecule is CC1(C(=O)Nc2ccc(N3CCCCC3)cc2)CC=C(NCC(=O)N2C[C@@H](F)C[C@H]2C#N)CC1. The molecule has 0 aromatic heterocycles. The number of piperidine rings is 1. The van der Waals surface area contributed by atoms with Gasteiger partial charge in [0.05, 0.1) is 24.6 Å². The highest BCUT2D eigenvalue weighted by atomic mass is 19.1. The van der Waals surface area contributed by atoms with E-state index in [2.05, 4.69) is 27.7 Å². The van der Waals surface area contributed by atoms with Crippen LogP contribution in [0, 0.1) is 16.7 Å². The van der Waals surface area contributed by atoms with Gasteiger partial charge in [0, 0.05) is 36.6 Å². The fourth-order valence-corrected chi connectivity index (χ4v) is 4.99. The van der Waals surface area contributed by atoms with Gasteiger partial charge in [-0.1, -0.05) is 13.0 Å². The summed E-state index contributed by atoms with van der Waals surface area (Å²) in [4.78, 5) is 29.1. The zero-order valence-electron chi connectivity index (χ0n) is 19.9. The van der Waals surface area contributed by atoms with Gasteiger partial charge in [-0.25, -0.2) is 4.39 Å². The molecule has 0 saturated carbocycles. The number of benzene rings is 1. The van der Waals surface area contributed by atoms with Gasteiger partial charge in [0.1, 0.15) is 12.2 Å². The summed E-state index contributed by atoms with van der Waals surface area (Å²) in [5, 5.41) is 15.3. The molecule has 7 nitrogen and oxygen atoms in total. The molecule has 2 N–H and O–H groups in total. The third kappa shape index (κ3) is 5.52. The predicted molar refractivity (Wildman–Crippen MR) is 130 cm³/mol. The van der Waals surface area contributed by atoms with Crippen LogP contribution in [0.15, 0.2) is 36.0 Å². The number of amides is 2. The summed E-state index contributed by atoms with van der Waals surface area (Å²) in [5.74, 6) is -0.279. The number of halogens is 1. The number of hydrogen-bond acceptors (Lipinski definition) is 5. The molecule has 8 heteroatoms. The van der Waals surface area contributed by atoms with Crippen molar-refractivity contribution in [3.05, 3.63) is 36.0 Å². The van der Waals surface area contributed by atoms with Crippen molar-refractivity contribution in [3.8, 4) is 6.07 Å². The third-order valence-corrected chi connectivity index (χ3v) is 7.33. The second kappa shape index (κ2) is 10.5. The summed E-state index contributed by atoms with van der Waals surface area (Å²) in [7, 11) is 0. The molecular weight excluding hydrogens is 433 g/mol. The first-order valence-electron chi connectivity index (χ1n) is 12.3.